The van der Waals surface area contributed by atoms with Crippen molar-refractivity contribution >= 4 is 29.6 Å². The number of nitrogens with zero attached hydrogens (tertiary/aromatic N) is 2. The molecule has 2 aromatic carbocycles. The summed E-state index contributed by atoms with van der Waals surface area (Å²) in [5.41, 5.74) is -0.322. The number of imide groups is 2. The first-order chi connectivity index (χ1) is 22.8. The average molecular weight is 635 g/mol. The van der Waals surface area contributed by atoms with E-state index in [2.05, 4.69) is 10.3 Å². The number of amides is 4. The molecule has 0 radical (unpaired) electrons. The van der Waals surface area contributed by atoms with Crippen LogP contribution in [0.4, 0.5) is 10.5 Å². The molecule has 0 atom stereocenters. The van der Waals surface area contributed by atoms with E-state index in [9.17, 15) is 29.1 Å². The monoisotopic (exact) mass is 634 g/mol. The van der Waals surface area contributed by atoms with Crippen molar-refractivity contribution in [1.29, 1.82) is 0 Å². The van der Waals surface area contributed by atoms with Gasteiger partial charge >= 0.3 is 11.7 Å². The lowest BCUT2D eigenvalue weighted by molar-refractivity contribution is -0.122. The molecule has 242 valence electrons. The SMILES string of the molecule is O=C1NC(=O)N(c2ccccc2)C(=O)/C1=C/C=C(/C=C/c1c(O)n(-c2ccccc2)c(=O)[nH]c1=O)C1CCC(C2CCCCC2)CC1. The minimum atomic E-state index is -0.822. The van der Waals surface area contributed by atoms with Crippen molar-refractivity contribution in [2.24, 2.45) is 17.8 Å². The molecule has 3 fully saturated rings. The van der Waals surface area contributed by atoms with E-state index in [4.69, 9.17) is 0 Å². The van der Waals surface area contributed by atoms with Crippen molar-refractivity contribution in [3.05, 3.63) is 116 Å². The van der Waals surface area contributed by atoms with E-state index in [1.807, 2.05) is 0 Å². The molecule has 4 amide bonds. The molecule has 47 heavy (non-hydrogen) atoms. The zero-order chi connectivity index (χ0) is 32.9. The van der Waals surface area contributed by atoms with Crippen molar-refractivity contribution in [2.45, 2.75) is 57.8 Å². The zero-order valence-corrected chi connectivity index (χ0v) is 26.1. The number of urea groups is 1. The van der Waals surface area contributed by atoms with Crippen LogP contribution in [0.1, 0.15) is 63.4 Å². The molecule has 6 rings (SSSR count). The number of anilines is 1. The number of aromatic nitrogens is 2. The van der Waals surface area contributed by atoms with Crippen LogP contribution in [0, 0.1) is 17.8 Å². The van der Waals surface area contributed by atoms with Crippen LogP contribution in [0.5, 0.6) is 5.88 Å². The molecular formula is C37H38N4O6. The van der Waals surface area contributed by atoms with Gasteiger partial charge < -0.3 is 5.11 Å². The van der Waals surface area contributed by atoms with Gasteiger partial charge in [0.25, 0.3) is 17.4 Å². The summed E-state index contributed by atoms with van der Waals surface area (Å²) in [6.07, 6.45) is 16.6. The van der Waals surface area contributed by atoms with Gasteiger partial charge in [0.2, 0.25) is 5.88 Å². The maximum absolute atomic E-state index is 13.4. The smallest absolute Gasteiger partial charge is 0.335 e. The zero-order valence-electron chi connectivity index (χ0n) is 26.1. The standard InChI is InChI=1S/C37H38N4O6/c42-32-30(34(44)40(36(46)38-32)28-12-6-2-7-13-28)22-20-27(26-18-16-25(17-19-26)24-10-4-1-5-11-24)21-23-31-33(43)39-37(47)41(35(31)45)29-14-8-3-9-15-29/h2-3,6-9,12-15,20-26,44H,1,4-5,10-11,16-19H2,(H,38,42,46)(H,39,43,47)/b22-20+,27-21-,31-23+. The molecular weight excluding hydrogens is 596 g/mol. The second kappa shape index (κ2) is 14.0. The number of allylic oxidation sites excluding steroid dienone is 4. The first-order valence-corrected chi connectivity index (χ1v) is 16.3. The van der Waals surface area contributed by atoms with Crippen molar-refractivity contribution in [3.63, 3.8) is 0 Å². The molecule has 2 saturated carbocycles. The summed E-state index contributed by atoms with van der Waals surface area (Å²) < 4.78 is 1.03. The Morgan fingerprint density at radius 2 is 1.38 bits per heavy atom. The largest absolute Gasteiger partial charge is 0.494 e. The summed E-state index contributed by atoms with van der Waals surface area (Å²) in [5.74, 6) is -0.565. The highest BCUT2D eigenvalue weighted by Crippen LogP contribution is 2.42. The Labute approximate surface area is 272 Å². The number of barbiturate groups is 1. The molecule has 1 saturated heterocycles. The van der Waals surface area contributed by atoms with Gasteiger partial charge in [-0.05, 0) is 85.4 Å². The molecule has 3 aromatic rings. The van der Waals surface area contributed by atoms with Crippen LogP contribution >= 0.6 is 0 Å². The molecule has 10 nitrogen and oxygen atoms in total. The lowest BCUT2D eigenvalue weighted by atomic mass is 9.69. The van der Waals surface area contributed by atoms with Crippen LogP contribution in [0.25, 0.3) is 11.8 Å². The summed E-state index contributed by atoms with van der Waals surface area (Å²) in [5, 5.41) is 13.4. The van der Waals surface area contributed by atoms with E-state index in [0.717, 1.165) is 46.6 Å². The highest BCUT2D eigenvalue weighted by molar-refractivity contribution is 6.37. The fraction of sp³-hybridized carbons (Fsp3) is 0.324. The highest BCUT2D eigenvalue weighted by Gasteiger charge is 2.36. The summed E-state index contributed by atoms with van der Waals surface area (Å²) >= 11 is 0. The molecule has 3 N–H and O–H groups in total. The number of benzene rings is 2. The lowest BCUT2D eigenvalue weighted by Gasteiger charge is -2.36. The van der Waals surface area contributed by atoms with Gasteiger partial charge in [0.1, 0.15) is 11.1 Å². The van der Waals surface area contributed by atoms with Crippen LogP contribution in [-0.4, -0.2) is 32.5 Å². The van der Waals surface area contributed by atoms with Gasteiger partial charge in [0.05, 0.1) is 11.4 Å². The Bertz CT molecular complexity index is 1860. The third-order valence-electron chi connectivity index (χ3n) is 9.70. The maximum Gasteiger partial charge on any atom is 0.335 e. The predicted molar refractivity (Wildman–Crippen MR) is 179 cm³/mol. The normalized spacial score (nSPS) is 22.2. The molecule has 1 aromatic heterocycles. The Hall–Kier alpha value is -5.25. The van der Waals surface area contributed by atoms with E-state index in [-0.39, 0.29) is 17.1 Å². The number of aromatic hydroxyl groups is 1. The summed E-state index contributed by atoms with van der Waals surface area (Å²) in [6, 6.07) is 16.0. The van der Waals surface area contributed by atoms with Crippen LogP contribution in [-0.2, 0) is 9.59 Å². The topological polar surface area (TPSA) is 142 Å². The van der Waals surface area contributed by atoms with Crippen LogP contribution in [0.2, 0.25) is 0 Å². The van der Waals surface area contributed by atoms with E-state index in [1.54, 1.807) is 72.8 Å². The van der Waals surface area contributed by atoms with Crippen LogP contribution in [0.3, 0.4) is 0 Å². The Morgan fingerprint density at radius 3 is 2.04 bits per heavy atom. The predicted octanol–water partition coefficient (Wildman–Crippen LogP) is 5.77. The van der Waals surface area contributed by atoms with Crippen LogP contribution < -0.4 is 21.5 Å². The summed E-state index contributed by atoms with van der Waals surface area (Å²) in [6.45, 7) is 0. The Morgan fingerprint density at radius 1 is 0.766 bits per heavy atom. The van der Waals surface area contributed by atoms with Crippen molar-refractivity contribution in [1.82, 2.24) is 14.9 Å². The van der Waals surface area contributed by atoms with Gasteiger partial charge in [-0.1, -0.05) is 80.7 Å². The second-order valence-corrected chi connectivity index (χ2v) is 12.5. The molecule has 10 heteroatoms. The fourth-order valence-corrected chi connectivity index (χ4v) is 7.21. The number of carbonyl (C=O) groups excluding carboxylic acids is 3. The molecule has 0 bridgehead atoms. The number of carbonyl (C=O) groups is 3. The molecule has 1 aliphatic heterocycles. The van der Waals surface area contributed by atoms with Gasteiger partial charge in [0.15, 0.2) is 0 Å². The third kappa shape index (κ3) is 6.82. The van der Waals surface area contributed by atoms with E-state index in [1.165, 1.54) is 44.3 Å². The van der Waals surface area contributed by atoms with Gasteiger partial charge in [0, 0.05) is 0 Å². The number of nitrogens with one attached hydrogen (secondary N) is 2. The van der Waals surface area contributed by atoms with Crippen LogP contribution in [0.15, 0.2) is 99.6 Å². The van der Waals surface area contributed by atoms with Gasteiger partial charge in [-0.15, -0.1) is 0 Å². The highest BCUT2D eigenvalue weighted by atomic mass is 16.3. The number of hydrogen-bond acceptors (Lipinski definition) is 6. The molecule has 2 heterocycles. The Kier molecular flexibility index (Phi) is 9.47. The fourth-order valence-electron chi connectivity index (χ4n) is 7.21. The molecule has 0 spiro atoms. The molecule has 3 aliphatic rings. The number of para-hydroxylation sites is 2. The average Bonchev–Trinajstić information content (AvgIpc) is 3.08. The first kappa shape index (κ1) is 31.7. The molecule has 0 unspecified atom stereocenters. The quantitative estimate of drug-likeness (QED) is 0.171. The van der Waals surface area contributed by atoms with Gasteiger partial charge in [-0.25, -0.2) is 19.1 Å². The van der Waals surface area contributed by atoms with Crippen molar-refractivity contribution in [2.75, 3.05) is 4.90 Å². The van der Waals surface area contributed by atoms with E-state index >= 15 is 0 Å². The summed E-state index contributed by atoms with van der Waals surface area (Å²) in [4.78, 5) is 67.7. The lowest BCUT2D eigenvalue weighted by Crippen LogP contribution is -2.54. The minimum absolute atomic E-state index is 0.0674. The number of rotatable bonds is 7. The van der Waals surface area contributed by atoms with Crippen molar-refractivity contribution < 1.29 is 19.5 Å². The maximum atomic E-state index is 13.4. The van der Waals surface area contributed by atoms with Crippen molar-refractivity contribution in [3.8, 4) is 11.6 Å². The number of hydrogen-bond donors (Lipinski definition) is 3. The first-order valence-electron chi connectivity index (χ1n) is 16.3. The Balaban J connectivity index is 1.35. The number of H-pyrrole nitrogens is 1. The second-order valence-electron chi connectivity index (χ2n) is 12.5. The summed E-state index contributed by atoms with van der Waals surface area (Å²) in [7, 11) is 0. The minimum Gasteiger partial charge on any atom is -0.494 e. The number of aromatic amines is 1. The van der Waals surface area contributed by atoms with E-state index < -0.39 is 35.0 Å². The van der Waals surface area contributed by atoms with Gasteiger partial charge in [-0.2, -0.15) is 0 Å². The van der Waals surface area contributed by atoms with Gasteiger partial charge in [-0.3, -0.25) is 24.7 Å². The van der Waals surface area contributed by atoms with E-state index in [0.29, 0.717) is 17.3 Å². The molecule has 2 aliphatic carbocycles. The third-order valence-corrected chi connectivity index (χ3v) is 9.70.